The van der Waals surface area contributed by atoms with E-state index in [1.54, 1.807) is 0 Å². The topological polar surface area (TPSA) is 42.7 Å². The van der Waals surface area contributed by atoms with Crippen LogP contribution in [0.4, 0.5) is 5.69 Å². The molecule has 1 aliphatic rings. The van der Waals surface area contributed by atoms with Crippen LogP contribution in [0.2, 0.25) is 0 Å². The Kier molecular flexibility index (Phi) is 4.88. The van der Waals surface area contributed by atoms with E-state index in [0.29, 0.717) is 17.9 Å². The van der Waals surface area contributed by atoms with Gasteiger partial charge in [0.25, 0.3) is 0 Å². The molecule has 4 rings (SSSR count). The van der Waals surface area contributed by atoms with Crippen molar-refractivity contribution in [1.82, 2.24) is 0 Å². The van der Waals surface area contributed by atoms with Crippen molar-refractivity contribution in [1.29, 1.82) is 0 Å². The van der Waals surface area contributed by atoms with Crippen molar-refractivity contribution in [2.24, 2.45) is 0 Å². The predicted molar refractivity (Wildman–Crippen MR) is 113 cm³/mol. The molecule has 28 heavy (non-hydrogen) atoms. The lowest BCUT2D eigenvalue weighted by atomic mass is 9.99. The van der Waals surface area contributed by atoms with Crippen LogP contribution >= 0.6 is 0 Å². The predicted octanol–water partition coefficient (Wildman–Crippen LogP) is 5.42. The molecule has 0 aliphatic carbocycles. The number of fused-ring (bicyclic) bond motifs is 2. The van der Waals surface area contributed by atoms with E-state index in [1.807, 2.05) is 20.8 Å². The van der Waals surface area contributed by atoms with Gasteiger partial charge >= 0.3 is 5.63 Å². The van der Waals surface area contributed by atoms with Crippen LogP contribution in [-0.2, 0) is 13.0 Å². The molecule has 1 aliphatic heterocycles. The van der Waals surface area contributed by atoms with Gasteiger partial charge in [0.1, 0.15) is 11.3 Å². The van der Waals surface area contributed by atoms with Gasteiger partial charge in [-0.05, 0) is 62.9 Å². The van der Waals surface area contributed by atoms with E-state index in [0.717, 1.165) is 46.5 Å². The number of unbranched alkanes of at least 4 members (excludes halogenated alkanes) is 1. The molecular weight excluding hydrogens is 350 g/mol. The molecule has 0 bridgehead atoms. The molecule has 0 amide bonds. The minimum Gasteiger partial charge on any atom is -0.472 e. The number of rotatable bonds is 4. The standard InChI is InChI=1S/C24H27NO3/c1-5-6-7-18-8-10-20(11-9-18)25-13-19-12-21-15(2)16(3)24(26)28-23(21)17(4)22(19)27-14-25/h8-12H,5-7,13-14H2,1-4H3. The quantitative estimate of drug-likeness (QED) is 0.570. The highest BCUT2D eigenvalue weighted by Gasteiger charge is 2.23. The number of aryl methyl sites for hydroxylation is 3. The summed E-state index contributed by atoms with van der Waals surface area (Å²) in [4.78, 5) is 14.3. The minimum absolute atomic E-state index is 0.270. The number of ether oxygens (including phenoxy) is 1. The monoisotopic (exact) mass is 377 g/mol. The Balaban J connectivity index is 1.68. The van der Waals surface area contributed by atoms with Gasteiger partial charge in [0, 0.05) is 34.3 Å². The van der Waals surface area contributed by atoms with Gasteiger partial charge in [-0.3, -0.25) is 0 Å². The Morgan fingerprint density at radius 1 is 1.04 bits per heavy atom. The zero-order chi connectivity index (χ0) is 19.8. The van der Waals surface area contributed by atoms with E-state index in [9.17, 15) is 4.79 Å². The fourth-order valence-electron chi connectivity index (χ4n) is 3.92. The second-order valence-electron chi connectivity index (χ2n) is 7.75. The molecule has 1 aromatic heterocycles. The number of anilines is 1. The lowest BCUT2D eigenvalue weighted by Crippen LogP contribution is -2.32. The lowest BCUT2D eigenvalue weighted by molar-refractivity contribution is 0.287. The zero-order valence-corrected chi connectivity index (χ0v) is 17.1. The highest BCUT2D eigenvalue weighted by Crippen LogP contribution is 2.37. The van der Waals surface area contributed by atoms with Crippen LogP contribution in [0.1, 0.15) is 47.6 Å². The molecular formula is C24H27NO3. The summed E-state index contributed by atoms with van der Waals surface area (Å²) >= 11 is 0. The van der Waals surface area contributed by atoms with Gasteiger partial charge in [0.05, 0.1) is 0 Å². The molecule has 2 heterocycles. The molecule has 0 saturated carbocycles. The van der Waals surface area contributed by atoms with Gasteiger partial charge in [0.2, 0.25) is 0 Å². The molecule has 146 valence electrons. The average molecular weight is 377 g/mol. The van der Waals surface area contributed by atoms with Gasteiger partial charge in [-0.1, -0.05) is 25.5 Å². The minimum atomic E-state index is -0.270. The fraction of sp³-hybridized carbons (Fsp3) is 0.375. The molecule has 0 radical (unpaired) electrons. The number of nitrogens with zero attached hydrogens (tertiary/aromatic N) is 1. The second kappa shape index (κ2) is 7.34. The summed E-state index contributed by atoms with van der Waals surface area (Å²) in [6.07, 6.45) is 3.57. The molecule has 3 aromatic rings. The molecule has 0 N–H and O–H groups in total. The Bertz CT molecular complexity index is 1080. The van der Waals surface area contributed by atoms with Crippen LogP contribution in [0.15, 0.2) is 39.5 Å². The van der Waals surface area contributed by atoms with Crippen LogP contribution in [0.5, 0.6) is 5.75 Å². The fourth-order valence-corrected chi connectivity index (χ4v) is 3.92. The smallest absolute Gasteiger partial charge is 0.339 e. The van der Waals surface area contributed by atoms with Crippen molar-refractivity contribution in [3.05, 3.63) is 68.6 Å². The molecule has 4 nitrogen and oxygen atoms in total. The maximum atomic E-state index is 12.1. The van der Waals surface area contributed by atoms with Gasteiger partial charge < -0.3 is 14.1 Å². The maximum absolute atomic E-state index is 12.1. The van der Waals surface area contributed by atoms with Crippen molar-refractivity contribution >= 4 is 16.7 Å². The summed E-state index contributed by atoms with van der Waals surface area (Å²) in [5.41, 5.74) is 6.60. The first-order valence-electron chi connectivity index (χ1n) is 10.0. The molecule has 0 spiro atoms. The van der Waals surface area contributed by atoms with E-state index < -0.39 is 0 Å². The molecule has 4 heteroatoms. The first-order chi connectivity index (χ1) is 13.5. The second-order valence-corrected chi connectivity index (χ2v) is 7.75. The normalized spacial score (nSPS) is 13.5. The largest absolute Gasteiger partial charge is 0.472 e. The first kappa shape index (κ1) is 18.6. The van der Waals surface area contributed by atoms with Crippen molar-refractivity contribution in [2.45, 2.75) is 53.5 Å². The van der Waals surface area contributed by atoms with Crippen LogP contribution < -0.4 is 15.3 Å². The van der Waals surface area contributed by atoms with Gasteiger partial charge in [0.15, 0.2) is 6.73 Å². The molecule has 0 atom stereocenters. The summed E-state index contributed by atoms with van der Waals surface area (Å²) in [5, 5.41) is 0.994. The lowest BCUT2D eigenvalue weighted by Gasteiger charge is -2.32. The van der Waals surface area contributed by atoms with Gasteiger partial charge in [-0.2, -0.15) is 0 Å². The number of hydrogen-bond donors (Lipinski definition) is 0. The summed E-state index contributed by atoms with van der Waals surface area (Å²) in [6.45, 7) is 9.25. The Morgan fingerprint density at radius 2 is 1.79 bits per heavy atom. The highest BCUT2D eigenvalue weighted by molar-refractivity contribution is 5.87. The highest BCUT2D eigenvalue weighted by atomic mass is 16.5. The van der Waals surface area contributed by atoms with E-state index in [1.165, 1.54) is 18.4 Å². The van der Waals surface area contributed by atoms with E-state index in [2.05, 4.69) is 42.2 Å². The Labute approximate surface area is 165 Å². The maximum Gasteiger partial charge on any atom is 0.339 e. The van der Waals surface area contributed by atoms with Crippen molar-refractivity contribution in [3.63, 3.8) is 0 Å². The van der Waals surface area contributed by atoms with E-state index in [-0.39, 0.29) is 5.63 Å². The summed E-state index contributed by atoms with van der Waals surface area (Å²) in [6, 6.07) is 10.9. The first-order valence-corrected chi connectivity index (χ1v) is 10.0. The number of benzene rings is 2. The molecule has 2 aromatic carbocycles. The van der Waals surface area contributed by atoms with Crippen LogP contribution in [0, 0.1) is 20.8 Å². The van der Waals surface area contributed by atoms with Crippen molar-refractivity contribution in [3.8, 4) is 5.75 Å². The zero-order valence-electron chi connectivity index (χ0n) is 17.1. The Hall–Kier alpha value is -2.75. The van der Waals surface area contributed by atoms with E-state index in [4.69, 9.17) is 9.15 Å². The van der Waals surface area contributed by atoms with Crippen LogP contribution in [-0.4, -0.2) is 6.73 Å². The average Bonchev–Trinajstić information content (AvgIpc) is 2.72. The van der Waals surface area contributed by atoms with Crippen LogP contribution in [0.3, 0.4) is 0 Å². The molecule has 0 fully saturated rings. The van der Waals surface area contributed by atoms with E-state index >= 15 is 0 Å². The summed E-state index contributed by atoms with van der Waals surface area (Å²) < 4.78 is 11.7. The summed E-state index contributed by atoms with van der Waals surface area (Å²) in [7, 11) is 0. The third kappa shape index (κ3) is 3.17. The van der Waals surface area contributed by atoms with Crippen molar-refractivity contribution < 1.29 is 9.15 Å². The van der Waals surface area contributed by atoms with Crippen molar-refractivity contribution in [2.75, 3.05) is 11.6 Å². The van der Waals surface area contributed by atoms with Gasteiger partial charge in [-0.25, -0.2) is 4.79 Å². The van der Waals surface area contributed by atoms with Gasteiger partial charge in [-0.15, -0.1) is 0 Å². The van der Waals surface area contributed by atoms with Crippen LogP contribution in [0.25, 0.3) is 11.0 Å². The summed E-state index contributed by atoms with van der Waals surface area (Å²) in [5.74, 6) is 0.842. The molecule has 0 unspecified atom stereocenters. The third-order valence-corrected chi connectivity index (χ3v) is 5.85. The molecule has 0 saturated heterocycles. The SMILES string of the molecule is CCCCc1ccc(N2COc3c(cc4c(C)c(C)c(=O)oc4c3C)C2)cc1. The third-order valence-electron chi connectivity index (χ3n) is 5.85. The number of hydrogen-bond acceptors (Lipinski definition) is 4. The Morgan fingerprint density at radius 3 is 2.50 bits per heavy atom.